The fraction of sp³-hybridized carbons (Fsp3) is 0.647. The molecule has 0 saturated carbocycles. The largest absolute Gasteiger partial charge is 0.469 e. The standard InChI is InChI=1S/C17H26N4O5/c1-4-7-21-14(18)13(15(23)19(2)17(21)25)12(22)10-20-8-5-11(6-9-20)16(24)26-3/h11H,4-10,18H2,1-3H3/p+1. The average Bonchev–Trinajstić information content (AvgIpc) is 2.63. The van der Waals surface area contributed by atoms with Crippen molar-refractivity contribution in [1.29, 1.82) is 0 Å². The molecular weight excluding hydrogens is 340 g/mol. The Morgan fingerprint density at radius 2 is 1.88 bits per heavy atom. The van der Waals surface area contributed by atoms with Gasteiger partial charge in [-0.2, -0.15) is 0 Å². The maximum atomic E-state index is 12.7. The van der Waals surface area contributed by atoms with Crippen molar-refractivity contribution in [3.8, 4) is 0 Å². The van der Waals surface area contributed by atoms with E-state index in [-0.39, 0.29) is 35.6 Å². The molecule has 0 unspecified atom stereocenters. The third kappa shape index (κ3) is 3.87. The number of Topliss-reactive ketones (excluding diaryl/α,β-unsaturated/α-hetero) is 1. The fourth-order valence-corrected chi connectivity index (χ4v) is 3.41. The zero-order chi connectivity index (χ0) is 19.4. The molecule has 0 spiro atoms. The summed E-state index contributed by atoms with van der Waals surface area (Å²) in [6, 6.07) is 0. The van der Waals surface area contributed by atoms with Gasteiger partial charge in [-0.1, -0.05) is 6.92 Å². The van der Waals surface area contributed by atoms with Crippen LogP contribution in [0.4, 0.5) is 5.82 Å². The second-order valence-electron chi connectivity index (χ2n) is 6.71. The van der Waals surface area contributed by atoms with Crippen molar-refractivity contribution in [2.24, 2.45) is 13.0 Å². The minimum Gasteiger partial charge on any atom is -0.469 e. The molecule has 0 bridgehead atoms. The predicted octanol–water partition coefficient (Wildman–Crippen LogP) is -1.81. The molecule has 0 aromatic carbocycles. The highest BCUT2D eigenvalue weighted by Gasteiger charge is 2.31. The van der Waals surface area contributed by atoms with Crippen LogP contribution in [0, 0.1) is 5.92 Å². The van der Waals surface area contributed by atoms with Gasteiger partial charge in [-0.15, -0.1) is 0 Å². The van der Waals surface area contributed by atoms with Crippen molar-refractivity contribution in [2.45, 2.75) is 32.7 Å². The number of likely N-dealkylation sites (tertiary alicyclic amines) is 1. The quantitative estimate of drug-likeness (QED) is 0.452. The number of carbonyl (C=O) groups excluding carboxylic acids is 2. The van der Waals surface area contributed by atoms with E-state index in [9.17, 15) is 19.2 Å². The van der Waals surface area contributed by atoms with Gasteiger partial charge >= 0.3 is 11.7 Å². The summed E-state index contributed by atoms with van der Waals surface area (Å²) in [6.45, 7) is 3.61. The number of ketones is 1. The zero-order valence-electron chi connectivity index (χ0n) is 15.5. The monoisotopic (exact) mass is 367 g/mol. The number of hydrogen-bond acceptors (Lipinski definition) is 6. The summed E-state index contributed by atoms with van der Waals surface area (Å²) < 4.78 is 6.96. The van der Waals surface area contributed by atoms with E-state index in [2.05, 4.69) is 0 Å². The number of nitrogen functional groups attached to an aromatic ring is 1. The summed E-state index contributed by atoms with van der Waals surface area (Å²) >= 11 is 0. The van der Waals surface area contributed by atoms with Crippen molar-refractivity contribution in [3.05, 3.63) is 26.4 Å². The number of nitrogens with two attached hydrogens (primary N) is 1. The zero-order valence-corrected chi connectivity index (χ0v) is 15.5. The number of quaternary nitrogens is 1. The second-order valence-corrected chi connectivity index (χ2v) is 6.71. The molecule has 1 aromatic rings. The molecule has 1 aromatic heterocycles. The molecule has 144 valence electrons. The molecule has 1 aliphatic rings. The van der Waals surface area contributed by atoms with Gasteiger partial charge in [0.05, 0.1) is 26.1 Å². The minimum absolute atomic E-state index is 0.0613. The molecule has 0 aliphatic carbocycles. The van der Waals surface area contributed by atoms with Gasteiger partial charge in [0.15, 0.2) is 0 Å². The van der Waals surface area contributed by atoms with E-state index in [0.717, 1.165) is 9.47 Å². The molecule has 0 amide bonds. The number of piperidine rings is 1. The van der Waals surface area contributed by atoms with E-state index in [1.807, 2.05) is 6.92 Å². The molecule has 9 nitrogen and oxygen atoms in total. The molecule has 0 radical (unpaired) electrons. The molecule has 0 atom stereocenters. The highest BCUT2D eigenvalue weighted by Crippen LogP contribution is 2.11. The predicted molar refractivity (Wildman–Crippen MR) is 95.3 cm³/mol. The van der Waals surface area contributed by atoms with E-state index in [1.54, 1.807) is 0 Å². The number of methoxy groups -OCH3 is 1. The first kappa shape index (κ1) is 19.9. The number of nitrogens with zero attached hydrogens (tertiary/aromatic N) is 2. The number of hydrogen-bond donors (Lipinski definition) is 2. The second kappa shape index (κ2) is 8.31. The third-order valence-electron chi connectivity index (χ3n) is 4.95. The lowest BCUT2D eigenvalue weighted by Crippen LogP contribution is -3.14. The SMILES string of the molecule is CCCn1c(N)c(C(=O)C[NH+]2CCC(C(=O)OC)CC2)c(=O)n(C)c1=O. The number of anilines is 1. The molecule has 1 aliphatic heterocycles. The van der Waals surface area contributed by atoms with Crippen molar-refractivity contribution in [3.63, 3.8) is 0 Å². The van der Waals surface area contributed by atoms with E-state index >= 15 is 0 Å². The summed E-state index contributed by atoms with van der Waals surface area (Å²) in [5.41, 5.74) is 4.69. The van der Waals surface area contributed by atoms with Crippen LogP contribution in [-0.4, -0.2) is 47.6 Å². The molecule has 26 heavy (non-hydrogen) atoms. The Hall–Kier alpha value is -2.42. The number of carbonyl (C=O) groups is 2. The first-order valence-corrected chi connectivity index (χ1v) is 8.85. The van der Waals surface area contributed by atoms with E-state index < -0.39 is 11.2 Å². The van der Waals surface area contributed by atoms with Gasteiger partial charge in [-0.3, -0.25) is 23.5 Å². The van der Waals surface area contributed by atoms with Crippen molar-refractivity contribution in [2.75, 3.05) is 32.5 Å². The van der Waals surface area contributed by atoms with Gasteiger partial charge in [-0.05, 0) is 6.42 Å². The van der Waals surface area contributed by atoms with Gasteiger partial charge in [0.2, 0.25) is 5.78 Å². The number of esters is 1. The van der Waals surface area contributed by atoms with Crippen LogP contribution >= 0.6 is 0 Å². The highest BCUT2D eigenvalue weighted by molar-refractivity contribution is 6.00. The van der Waals surface area contributed by atoms with Crippen LogP contribution in [0.15, 0.2) is 9.59 Å². The Morgan fingerprint density at radius 3 is 2.42 bits per heavy atom. The minimum atomic E-state index is -0.659. The van der Waals surface area contributed by atoms with Gasteiger partial charge < -0.3 is 15.4 Å². The van der Waals surface area contributed by atoms with Gasteiger partial charge in [0.1, 0.15) is 17.9 Å². The lowest BCUT2D eigenvalue weighted by molar-refractivity contribution is -0.897. The number of nitrogens with one attached hydrogen (secondary N) is 1. The van der Waals surface area contributed by atoms with Crippen LogP contribution in [0.25, 0.3) is 0 Å². The lowest BCUT2D eigenvalue weighted by atomic mass is 9.96. The first-order valence-electron chi connectivity index (χ1n) is 8.85. The number of ether oxygens (including phenoxy) is 1. The van der Waals surface area contributed by atoms with Crippen LogP contribution in [0.5, 0.6) is 0 Å². The highest BCUT2D eigenvalue weighted by atomic mass is 16.5. The van der Waals surface area contributed by atoms with Gasteiger partial charge in [0.25, 0.3) is 5.56 Å². The van der Waals surface area contributed by atoms with E-state index in [4.69, 9.17) is 10.5 Å². The maximum absolute atomic E-state index is 12.7. The van der Waals surface area contributed by atoms with Crippen LogP contribution in [0.2, 0.25) is 0 Å². The summed E-state index contributed by atoms with van der Waals surface area (Å²) in [7, 11) is 2.72. The first-order chi connectivity index (χ1) is 12.3. The van der Waals surface area contributed by atoms with Crippen molar-refractivity contribution >= 4 is 17.6 Å². The van der Waals surface area contributed by atoms with Gasteiger partial charge in [-0.25, -0.2) is 4.79 Å². The molecule has 9 heteroatoms. The summed E-state index contributed by atoms with van der Waals surface area (Å²) in [4.78, 5) is 49.9. The summed E-state index contributed by atoms with van der Waals surface area (Å²) in [6.07, 6.45) is 1.93. The van der Waals surface area contributed by atoms with Crippen molar-refractivity contribution < 1.29 is 19.2 Å². The Kier molecular flexibility index (Phi) is 6.36. The average molecular weight is 367 g/mol. The van der Waals surface area contributed by atoms with Crippen LogP contribution < -0.4 is 21.9 Å². The molecule has 2 heterocycles. The molecule has 1 fully saturated rings. The number of aromatic nitrogens is 2. The maximum Gasteiger partial charge on any atom is 0.332 e. The summed E-state index contributed by atoms with van der Waals surface area (Å²) in [5.74, 6) is -0.795. The Bertz CT molecular complexity index is 803. The third-order valence-corrected chi connectivity index (χ3v) is 4.95. The van der Waals surface area contributed by atoms with E-state index in [1.165, 1.54) is 18.7 Å². The Morgan fingerprint density at radius 1 is 1.27 bits per heavy atom. The lowest BCUT2D eigenvalue weighted by Gasteiger charge is -2.27. The molecule has 2 rings (SSSR count). The summed E-state index contributed by atoms with van der Waals surface area (Å²) in [5, 5.41) is 0. The Balaban J connectivity index is 2.19. The Labute approximate surface area is 151 Å². The molecule has 1 saturated heterocycles. The van der Waals surface area contributed by atoms with Gasteiger partial charge in [0, 0.05) is 26.4 Å². The topological polar surface area (TPSA) is 118 Å². The van der Waals surface area contributed by atoms with Crippen LogP contribution in [0.3, 0.4) is 0 Å². The van der Waals surface area contributed by atoms with Crippen LogP contribution in [-0.2, 0) is 23.1 Å². The molecule has 3 N–H and O–H groups in total. The van der Waals surface area contributed by atoms with Crippen LogP contribution in [0.1, 0.15) is 36.5 Å². The normalized spacial score (nSPS) is 20.0. The number of rotatable bonds is 6. The smallest absolute Gasteiger partial charge is 0.332 e. The van der Waals surface area contributed by atoms with Crippen molar-refractivity contribution in [1.82, 2.24) is 9.13 Å². The fourth-order valence-electron chi connectivity index (χ4n) is 3.41. The molecular formula is C17H27N4O5+. The van der Waals surface area contributed by atoms with E-state index in [0.29, 0.717) is 38.9 Å².